The fraction of sp³-hybridized carbons (Fsp3) is 0.667. The SMILES string of the molecule is CCNC(C)c1ccnc(OCCCOCCOC)c1. The van der Waals surface area contributed by atoms with Gasteiger partial charge in [-0.2, -0.15) is 0 Å². The standard InChI is InChI=1S/C15H26N2O3/c1-4-16-13(2)14-6-7-17-15(12-14)20-9-5-8-19-11-10-18-3/h6-7,12-13,16H,4-5,8-11H2,1-3H3. The van der Waals surface area contributed by atoms with Crippen LogP contribution >= 0.6 is 0 Å². The quantitative estimate of drug-likeness (QED) is 0.630. The van der Waals surface area contributed by atoms with Gasteiger partial charge in [0.1, 0.15) is 0 Å². The van der Waals surface area contributed by atoms with E-state index in [-0.39, 0.29) is 0 Å². The Morgan fingerprint density at radius 3 is 2.85 bits per heavy atom. The Labute approximate surface area is 121 Å². The molecule has 0 aliphatic carbocycles. The molecule has 0 bridgehead atoms. The number of aromatic nitrogens is 1. The Balaban J connectivity index is 2.25. The molecular weight excluding hydrogens is 256 g/mol. The van der Waals surface area contributed by atoms with Gasteiger partial charge in [0.05, 0.1) is 19.8 Å². The van der Waals surface area contributed by atoms with E-state index >= 15 is 0 Å². The van der Waals surface area contributed by atoms with Crippen molar-refractivity contribution >= 4 is 0 Å². The van der Waals surface area contributed by atoms with E-state index in [1.54, 1.807) is 13.3 Å². The number of nitrogens with one attached hydrogen (secondary N) is 1. The number of rotatable bonds is 11. The first kappa shape index (κ1) is 16.9. The Bertz CT molecular complexity index is 361. The molecule has 0 aliphatic heterocycles. The number of ether oxygens (including phenoxy) is 3. The highest BCUT2D eigenvalue weighted by atomic mass is 16.5. The highest BCUT2D eigenvalue weighted by molar-refractivity contribution is 5.23. The second-order valence-electron chi connectivity index (χ2n) is 4.51. The predicted octanol–water partition coefficient (Wildman–Crippen LogP) is 2.18. The minimum Gasteiger partial charge on any atom is -0.478 e. The summed E-state index contributed by atoms with van der Waals surface area (Å²) in [4.78, 5) is 4.22. The van der Waals surface area contributed by atoms with Gasteiger partial charge >= 0.3 is 0 Å². The van der Waals surface area contributed by atoms with Crippen LogP contribution in [-0.2, 0) is 9.47 Å². The molecule has 0 saturated heterocycles. The van der Waals surface area contributed by atoms with Crippen LogP contribution < -0.4 is 10.1 Å². The fourth-order valence-corrected chi connectivity index (χ4v) is 1.78. The van der Waals surface area contributed by atoms with E-state index in [0.717, 1.165) is 13.0 Å². The van der Waals surface area contributed by atoms with E-state index in [2.05, 4.69) is 24.1 Å². The smallest absolute Gasteiger partial charge is 0.213 e. The maximum atomic E-state index is 5.63. The zero-order valence-electron chi connectivity index (χ0n) is 12.7. The van der Waals surface area contributed by atoms with Crippen LogP contribution in [0.15, 0.2) is 18.3 Å². The second-order valence-corrected chi connectivity index (χ2v) is 4.51. The maximum Gasteiger partial charge on any atom is 0.213 e. The molecule has 20 heavy (non-hydrogen) atoms. The van der Waals surface area contributed by atoms with Crippen LogP contribution in [0.1, 0.15) is 31.9 Å². The van der Waals surface area contributed by atoms with Crippen LogP contribution in [0, 0.1) is 0 Å². The van der Waals surface area contributed by atoms with Gasteiger partial charge in [-0.1, -0.05) is 6.92 Å². The molecule has 0 amide bonds. The van der Waals surface area contributed by atoms with Gasteiger partial charge in [0.2, 0.25) is 5.88 Å². The van der Waals surface area contributed by atoms with Gasteiger partial charge in [0.25, 0.3) is 0 Å². The number of hydrogen-bond acceptors (Lipinski definition) is 5. The lowest BCUT2D eigenvalue weighted by molar-refractivity contribution is 0.0642. The van der Waals surface area contributed by atoms with E-state index in [0.29, 0.717) is 38.3 Å². The average molecular weight is 282 g/mol. The summed E-state index contributed by atoms with van der Waals surface area (Å²) in [7, 11) is 1.67. The first-order chi connectivity index (χ1) is 9.77. The summed E-state index contributed by atoms with van der Waals surface area (Å²) in [6.07, 6.45) is 2.63. The molecule has 1 atom stereocenters. The van der Waals surface area contributed by atoms with Gasteiger partial charge in [0, 0.05) is 38.4 Å². The molecule has 0 radical (unpaired) electrons. The van der Waals surface area contributed by atoms with Crippen molar-refractivity contribution in [3.05, 3.63) is 23.9 Å². The minimum atomic E-state index is 0.308. The molecule has 0 aromatic carbocycles. The van der Waals surface area contributed by atoms with Gasteiger partial charge in [-0.3, -0.25) is 0 Å². The lowest BCUT2D eigenvalue weighted by Gasteiger charge is -2.13. The van der Waals surface area contributed by atoms with Crippen LogP contribution in [0.4, 0.5) is 0 Å². The number of methoxy groups -OCH3 is 1. The summed E-state index contributed by atoms with van der Waals surface area (Å²) in [5, 5.41) is 3.37. The normalized spacial score (nSPS) is 12.3. The molecule has 1 N–H and O–H groups in total. The van der Waals surface area contributed by atoms with Crippen molar-refractivity contribution in [3.8, 4) is 5.88 Å². The van der Waals surface area contributed by atoms with Crippen LogP contribution in [0.2, 0.25) is 0 Å². The van der Waals surface area contributed by atoms with Crippen molar-refractivity contribution in [1.29, 1.82) is 0 Å². The highest BCUT2D eigenvalue weighted by Gasteiger charge is 2.05. The predicted molar refractivity (Wildman–Crippen MR) is 79.1 cm³/mol. The average Bonchev–Trinajstić information content (AvgIpc) is 2.47. The van der Waals surface area contributed by atoms with Gasteiger partial charge < -0.3 is 19.5 Å². The van der Waals surface area contributed by atoms with Crippen molar-refractivity contribution in [2.75, 3.05) is 40.1 Å². The third-order valence-electron chi connectivity index (χ3n) is 2.88. The summed E-state index contributed by atoms with van der Waals surface area (Å²) in [5.74, 6) is 0.671. The van der Waals surface area contributed by atoms with Crippen LogP contribution in [-0.4, -0.2) is 45.1 Å². The van der Waals surface area contributed by atoms with Crippen molar-refractivity contribution in [1.82, 2.24) is 10.3 Å². The lowest BCUT2D eigenvalue weighted by Crippen LogP contribution is -2.17. The van der Waals surface area contributed by atoms with Crippen molar-refractivity contribution in [2.24, 2.45) is 0 Å². The number of nitrogens with zero attached hydrogens (tertiary/aromatic N) is 1. The van der Waals surface area contributed by atoms with Crippen molar-refractivity contribution in [2.45, 2.75) is 26.3 Å². The molecule has 0 saturated carbocycles. The molecule has 1 aromatic heterocycles. The zero-order chi connectivity index (χ0) is 14.6. The summed E-state index contributed by atoms with van der Waals surface area (Å²) in [5.41, 5.74) is 1.19. The molecule has 0 aliphatic rings. The first-order valence-electron chi connectivity index (χ1n) is 7.16. The highest BCUT2D eigenvalue weighted by Crippen LogP contribution is 2.16. The molecule has 1 aromatic rings. The monoisotopic (exact) mass is 282 g/mol. The van der Waals surface area contributed by atoms with E-state index in [1.807, 2.05) is 12.1 Å². The summed E-state index contributed by atoms with van der Waals surface area (Å²) in [6, 6.07) is 4.30. The maximum absolute atomic E-state index is 5.63. The van der Waals surface area contributed by atoms with E-state index in [4.69, 9.17) is 14.2 Å². The van der Waals surface area contributed by atoms with Crippen molar-refractivity contribution < 1.29 is 14.2 Å². The molecule has 0 spiro atoms. The molecule has 0 fully saturated rings. The molecule has 114 valence electrons. The largest absolute Gasteiger partial charge is 0.478 e. The minimum absolute atomic E-state index is 0.308. The molecule has 5 nitrogen and oxygen atoms in total. The number of pyridine rings is 1. The molecule has 1 unspecified atom stereocenters. The van der Waals surface area contributed by atoms with Crippen LogP contribution in [0.3, 0.4) is 0 Å². The number of hydrogen-bond donors (Lipinski definition) is 1. The van der Waals surface area contributed by atoms with Gasteiger partial charge in [0.15, 0.2) is 0 Å². The van der Waals surface area contributed by atoms with Crippen LogP contribution in [0.5, 0.6) is 5.88 Å². The van der Waals surface area contributed by atoms with Crippen LogP contribution in [0.25, 0.3) is 0 Å². The third-order valence-corrected chi connectivity index (χ3v) is 2.88. The van der Waals surface area contributed by atoms with E-state index in [9.17, 15) is 0 Å². The zero-order valence-corrected chi connectivity index (χ0v) is 12.7. The Hall–Kier alpha value is -1.17. The fourth-order valence-electron chi connectivity index (χ4n) is 1.78. The van der Waals surface area contributed by atoms with E-state index < -0.39 is 0 Å². The summed E-state index contributed by atoms with van der Waals surface area (Å²) < 4.78 is 15.9. The van der Waals surface area contributed by atoms with Gasteiger partial charge in [-0.05, 0) is 25.1 Å². The molecular formula is C15H26N2O3. The Morgan fingerprint density at radius 2 is 2.10 bits per heavy atom. The van der Waals surface area contributed by atoms with Gasteiger partial charge in [-0.15, -0.1) is 0 Å². The Morgan fingerprint density at radius 1 is 1.25 bits per heavy atom. The summed E-state index contributed by atoms with van der Waals surface area (Å²) >= 11 is 0. The molecule has 1 rings (SSSR count). The third kappa shape index (κ3) is 6.84. The Kier molecular flexibility index (Phi) is 8.95. The topological polar surface area (TPSA) is 52.6 Å². The first-order valence-corrected chi connectivity index (χ1v) is 7.16. The summed E-state index contributed by atoms with van der Waals surface area (Å²) in [6.45, 7) is 7.72. The van der Waals surface area contributed by atoms with Crippen molar-refractivity contribution in [3.63, 3.8) is 0 Å². The lowest BCUT2D eigenvalue weighted by atomic mass is 10.1. The molecule has 5 heteroatoms. The van der Waals surface area contributed by atoms with Gasteiger partial charge in [-0.25, -0.2) is 4.98 Å². The molecule has 1 heterocycles. The van der Waals surface area contributed by atoms with E-state index in [1.165, 1.54) is 5.56 Å². The second kappa shape index (κ2) is 10.6.